The third-order valence-electron chi connectivity index (χ3n) is 2.88. The second-order valence-corrected chi connectivity index (χ2v) is 6.13. The number of amides is 2. The highest BCUT2D eigenvalue weighted by Gasteiger charge is 2.34. The number of carbonyl (C=O) groups excluding carboxylic acids is 2. The first-order chi connectivity index (χ1) is 9.54. The normalized spacial score (nSPS) is 17.4. The smallest absolute Gasteiger partial charge is 0.268 e. The maximum Gasteiger partial charge on any atom is 0.293 e. The Morgan fingerprint density at radius 1 is 1.25 bits per heavy atom. The van der Waals surface area contributed by atoms with E-state index in [0.717, 1.165) is 24.6 Å². The van der Waals surface area contributed by atoms with Crippen molar-refractivity contribution in [2.45, 2.75) is 19.8 Å². The second-order valence-electron chi connectivity index (χ2n) is 4.32. The van der Waals surface area contributed by atoms with Crippen molar-refractivity contribution in [3.8, 4) is 0 Å². The van der Waals surface area contributed by atoms with E-state index in [2.05, 4.69) is 0 Å². The van der Waals surface area contributed by atoms with Crippen molar-refractivity contribution in [3.05, 3.63) is 38.7 Å². The van der Waals surface area contributed by atoms with Crippen molar-refractivity contribution in [1.82, 2.24) is 4.90 Å². The Bertz CT molecular complexity index is 566. The van der Waals surface area contributed by atoms with Crippen LogP contribution in [0.1, 0.15) is 25.3 Å². The largest absolute Gasteiger partial charge is 0.293 e. The van der Waals surface area contributed by atoms with Gasteiger partial charge in [-0.3, -0.25) is 14.5 Å². The standard InChI is InChI=1S/C14H13Cl2NO2S/c1-2-3-7-17-13(18)12(20-14(17)19)8-9-10(15)5-4-6-11(9)16/h4-6,8H,2-3,7H2,1H3/b12-8+. The van der Waals surface area contributed by atoms with Crippen LogP contribution in [0.4, 0.5) is 4.79 Å². The molecule has 0 atom stereocenters. The molecule has 0 aliphatic carbocycles. The van der Waals surface area contributed by atoms with Gasteiger partial charge in [0, 0.05) is 22.2 Å². The van der Waals surface area contributed by atoms with Crippen LogP contribution < -0.4 is 0 Å². The van der Waals surface area contributed by atoms with Crippen LogP contribution in [0.25, 0.3) is 6.08 Å². The summed E-state index contributed by atoms with van der Waals surface area (Å²) in [6.45, 7) is 2.47. The average molecular weight is 330 g/mol. The van der Waals surface area contributed by atoms with Crippen LogP contribution >= 0.6 is 35.0 Å². The first-order valence-corrected chi connectivity index (χ1v) is 7.81. The minimum absolute atomic E-state index is 0.238. The number of unbranched alkanes of at least 4 members (excludes halogenated alkanes) is 1. The highest BCUT2D eigenvalue weighted by molar-refractivity contribution is 8.18. The zero-order valence-electron chi connectivity index (χ0n) is 10.9. The van der Waals surface area contributed by atoms with Gasteiger partial charge < -0.3 is 0 Å². The minimum Gasteiger partial charge on any atom is -0.268 e. The van der Waals surface area contributed by atoms with Crippen molar-refractivity contribution in [2.75, 3.05) is 6.54 Å². The molecule has 6 heteroatoms. The number of carbonyl (C=O) groups is 2. The molecule has 1 aliphatic heterocycles. The summed E-state index contributed by atoms with van der Waals surface area (Å²) in [5.41, 5.74) is 0.567. The third-order valence-corrected chi connectivity index (χ3v) is 4.45. The molecule has 0 unspecified atom stereocenters. The average Bonchev–Trinajstić information content (AvgIpc) is 2.67. The van der Waals surface area contributed by atoms with E-state index in [0.29, 0.717) is 27.1 Å². The molecule has 2 rings (SSSR count). The molecule has 1 saturated heterocycles. The van der Waals surface area contributed by atoms with Crippen LogP contribution in [0.5, 0.6) is 0 Å². The molecule has 0 radical (unpaired) electrons. The lowest BCUT2D eigenvalue weighted by molar-refractivity contribution is -0.122. The van der Waals surface area contributed by atoms with Gasteiger partial charge in [-0.15, -0.1) is 0 Å². The number of imide groups is 1. The summed E-state index contributed by atoms with van der Waals surface area (Å²) in [6, 6.07) is 5.12. The molecule has 2 amide bonds. The lowest BCUT2D eigenvalue weighted by atomic mass is 10.2. The van der Waals surface area contributed by atoms with Gasteiger partial charge in [0.25, 0.3) is 11.1 Å². The Labute approximate surface area is 131 Å². The van der Waals surface area contributed by atoms with Crippen molar-refractivity contribution >= 4 is 52.2 Å². The molecule has 1 heterocycles. The second kappa shape index (κ2) is 6.66. The molecule has 0 saturated carbocycles. The van der Waals surface area contributed by atoms with Crippen LogP contribution in [0.15, 0.2) is 23.1 Å². The van der Waals surface area contributed by atoms with Gasteiger partial charge in [-0.2, -0.15) is 0 Å². The molecule has 1 aromatic carbocycles. The van der Waals surface area contributed by atoms with Crippen molar-refractivity contribution in [1.29, 1.82) is 0 Å². The van der Waals surface area contributed by atoms with Crippen molar-refractivity contribution < 1.29 is 9.59 Å². The van der Waals surface area contributed by atoms with E-state index in [4.69, 9.17) is 23.2 Å². The van der Waals surface area contributed by atoms with Gasteiger partial charge in [-0.1, -0.05) is 42.6 Å². The molecular formula is C14H13Cl2NO2S. The Hall–Kier alpha value is -0.970. The van der Waals surface area contributed by atoms with E-state index in [1.54, 1.807) is 24.3 Å². The number of rotatable bonds is 4. The Morgan fingerprint density at radius 3 is 2.50 bits per heavy atom. The molecule has 1 aliphatic rings. The molecular weight excluding hydrogens is 317 g/mol. The number of halogens is 2. The van der Waals surface area contributed by atoms with Gasteiger partial charge in [0.1, 0.15) is 0 Å². The van der Waals surface area contributed by atoms with Gasteiger partial charge in [0.05, 0.1) is 4.91 Å². The summed E-state index contributed by atoms with van der Waals surface area (Å²) >= 11 is 13.1. The molecule has 0 N–H and O–H groups in total. The van der Waals surface area contributed by atoms with E-state index in [9.17, 15) is 9.59 Å². The summed E-state index contributed by atoms with van der Waals surface area (Å²) < 4.78 is 0. The molecule has 0 aromatic heterocycles. The Morgan fingerprint density at radius 2 is 1.90 bits per heavy atom. The number of thioether (sulfide) groups is 1. The lowest BCUT2D eigenvalue weighted by Gasteiger charge is -2.10. The fourth-order valence-corrected chi connectivity index (χ4v) is 3.14. The zero-order valence-corrected chi connectivity index (χ0v) is 13.2. The van der Waals surface area contributed by atoms with Crippen LogP contribution in [0, 0.1) is 0 Å². The molecule has 20 heavy (non-hydrogen) atoms. The topological polar surface area (TPSA) is 37.4 Å². The summed E-state index contributed by atoms with van der Waals surface area (Å²) in [6.07, 6.45) is 3.32. The molecule has 0 spiro atoms. The van der Waals surface area contributed by atoms with Gasteiger partial charge in [-0.25, -0.2) is 0 Å². The van der Waals surface area contributed by atoms with E-state index in [-0.39, 0.29) is 11.1 Å². The summed E-state index contributed by atoms with van der Waals surface area (Å²) in [4.78, 5) is 25.6. The summed E-state index contributed by atoms with van der Waals surface area (Å²) in [7, 11) is 0. The zero-order chi connectivity index (χ0) is 14.7. The van der Waals surface area contributed by atoms with Crippen LogP contribution in [0.2, 0.25) is 10.0 Å². The van der Waals surface area contributed by atoms with E-state index >= 15 is 0 Å². The molecule has 3 nitrogen and oxygen atoms in total. The highest BCUT2D eigenvalue weighted by Crippen LogP contribution is 2.35. The van der Waals surface area contributed by atoms with Crippen LogP contribution in [0.3, 0.4) is 0 Å². The van der Waals surface area contributed by atoms with Gasteiger partial charge >= 0.3 is 0 Å². The maximum absolute atomic E-state index is 12.2. The minimum atomic E-state index is -0.274. The fraction of sp³-hybridized carbons (Fsp3) is 0.286. The predicted molar refractivity (Wildman–Crippen MR) is 84.0 cm³/mol. The first-order valence-electron chi connectivity index (χ1n) is 6.24. The van der Waals surface area contributed by atoms with E-state index in [1.165, 1.54) is 4.90 Å². The van der Waals surface area contributed by atoms with Gasteiger partial charge in [0.15, 0.2) is 0 Å². The van der Waals surface area contributed by atoms with Crippen molar-refractivity contribution in [2.24, 2.45) is 0 Å². The summed E-state index contributed by atoms with van der Waals surface area (Å²) in [5.74, 6) is -0.274. The molecule has 1 aromatic rings. The summed E-state index contributed by atoms with van der Waals surface area (Å²) in [5, 5.41) is 0.675. The van der Waals surface area contributed by atoms with Gasteiger partial charge in [-0.05, 0) is 36.4 Å². The van der Waals surface area contributed by atoms with Crippen LogP contribution in [-0.4, -0.2) is 22.6 Å². The highest BCUT2D eigenvalue weighted by atomic mass is 35.5. The lowest BCUT2D eigenvalue weighted by Crippen LogP contribution is -2.29. The van der Waals surface area contributed by atoms with Crippen molar-refractivity contribution in [3.63, 3.8) is 0 Å². The maximum atomic E-state index is 12.2. The van der Waals surface area contributed by atoms with Gasteiger partial charge in [0.2, 0.25) is 0 Å². The molecule has 106 valence electrons. The van der Waals surface area contributed by atoms with Crippen LogP contribution in [-0.2, 0) is 4.79 Å². The van der Waals surface area contributed by atoms with E-state index in [1.807, 2.05) is 6.92 Å². The predicted octanol–water partition coefficient (Wildman–Crippen LogP) is 4.83. The van der Waals surface area contributed by atoms with E-state index < -0.39 is 0 Å². The number of nitrogens with zero attached hydrogens (tertiary/aromatic N) is 1. The number of hydrogen-bond acceptors (Lipinski definition) is 3. The Balaban J connectivity index is 2.28. The Kier molecular flexibility index (Phi) is 5.13. The molecule has 1 fully saturated rings. The number of hydrogen-bond donors (Lipinski definition) is 0. The third kappa shape index (κ3) is 3.19. The first kappa shape index (κ1) is 15.4. The monoisotopic (exact) mass is 329 g/mol. The SMILES string of the molecule is CCCCN1C(=O)S/C(=C/c2c(Cl)cccc2Cl)C1=O. The quantitative estimate of drug-likeness (QED) is 0.742. The fourth-order valence-electron chi connectivity index (χ4n) is 1.79. The number of benzene rings is 1. The molecule has 0 bridgehead atoms.